The number of anilines is 1. The summed E-state index contributed by atoms with van der Waals surface area (Å²) in [4.78, 5) is 3.68. The van der Waals surface area contributed by atoms with Crippen LogP contribution in [0.4, 0.5) is 23.5 Å². The zero-order chi connectivity index (χ0) is 12.8. The molecule has 1 heterocycles. The molecule has 0 saturated carbocycles. The van der Waals surface area contributed by atoms with Crippen molar-refractivity contribution < 1.29 is 17.6 Å². The van der Waals surface area contributed by atoms with Gasteiger partial charge in [-0.3, -0.25) is 0 Å². The SMILES string of the molecule is Nc1nc2cc(F)c(Br)cc2n1CC(F)(F)F. The van der Waals surface area contributed by atoms with Crippen molar-refractivity contribution in [2.24, 2.45) is 0 Å². The van der Waals surface area contributed by atoms with Crippen LogP contribution in [0.2, 0.25) is 0 Å². The molecular formula is C9H6BrF4N3. The summed E-state index contributed by atoms with van der Waals surface area (Å²) >= 11 is 2.90. The standard InChI is InChI=1S/C9H6BrF4N3/c10-4-1-7-6(2-5(4)11)16-8(15)17(7)3-9(12,13)14/h1-2H,3H2,(H2,15,16). The number of hydrogen-bond donors (Lipinski definition) is 1. The van der Waals surface area contributed by atoms with Gasteiger partial charge in [0, 0.05) is 6.07 Å². The van der Waals surface area contributed by atoms with Crippen molar-refractivity contribution >= 4 is 32.9 Å². The van der Waals surface area contributed by atoms with Crippen molar-refractivity contribution in [1.82, 2.24) is 9.55 Å². The summed E-state index contributed by atoms with van der Waals surface area (Å²) in [6.07, 6.45) is -4.41. The average molecular weight is 312 g/mol. The maximum absolute atomic E-state index is 13.2. The van der Waals surface area contributed by atoms with Gasteiger partial charge in [-0.2, -0.15) is 13.2 Å². The Morgan fingerprint density at radius 3 is 2.59 bits per heavy atom. The molecule has 0 bridgehead atoms. The number of fused-ring (bicyclic) bond motifs is 1. The highest BCUT2D eigenvalue weighted by Gasteiger charge is 2.30. The monoisotopic (exact) mass is 311 g/mol. The van der Waals surface area contributed by atoms with Gasteiger partial charge < -0.3 is 10.3 Å². The molecule has 17 heavy (non-hydrogen) atoms. The van der Waals surface area contributed by atoms with E-state index >= 15 is 0 Å². The van der Waals surface area contributed by atoms with Crippen LogP contribution in [-0.2, 0) is 6.54 Å². The summed E-state index contributed by atoms with van der Waals surface area (Å²) in [6, 6.07) is 2.25. The summed E-state index contributed by atoms with van der Waals surface area (Å²) in [5, 5.41) is 0. The molecule has 1 aromatic carbocycles. The zero-order valence-electron chi connectivity index (χ0n) is 8.22. The van der Waals surface area contributed by atoms with E-state index in [1.54, 1.807) is 0 Å². The second kappa shape index (κ2) is 3.86. The fourth-order valence-corrected chi connectivity index (χ4v) is 1.82. The second-order valence-corrected chi connectivity index (χ2v) is 4.28. The van der Waals surface area contributed by atoms with Gasteiger partial charge in [0.1, 0.15) is 12.4 Å². The molecule has 0 aliphatic carbocycles. The Morgan fingerprint density at radius 1 is 1.35 bits per heavy atom. The first kappa shape index (κ1) is 12.2. The number of imidazole rings is 1. The van der Waals surface area contributed by atoms with E-state index in [2.05, 4.69) is 20.9 Å². The Labute approximate surface area is 101 Å². The summed E-state index contributed by atoms with van der Waals surface area (Å²) in [5.74, 6) is -0.899. The fourth-order valence-electron chi connectivity index (χ4n) is 1.48. The van der Waals surface area contributed by atoms with E-state index < -0.39 is 18.5 Å². The van der Waals surface area contributed by atoms with Gasteiger partial charge in [-0.15, -0.1) is 0 Å². The molecule has 0 fully saturated rings. The molecule has 92 valence electrons. The minimum Gasteiger partial charge on any atom is -0.369 e. The van der Waals surface area contributed by atoms with E-state index in [0.717, 1.165) is 10.6 Å². The fraction of sp³-hybridized carbons (Fsp3) is 0.222. The molecule has 2 rings (SSSR count). The molecule has 2 N–H and O–H groups in total. The van der Waals surface area contributed by atoms with Crippen LogP contribution in [0, 0.1) is 5.82 Å². The third kappa shape index (κ3) is 2.36. The molecule has 1 aromatic heterocycles. The number of benzene rings is 1. The molecule has 0 aliphatic heterocycles. The highest BCUT2D eigenvalue weighted by molar-refractivity contribution is 9.10. The topological polar surface area (TPSA) is 43.8 Å². The molecule has 0 amide bonds. The summed E-state index contributed by atoms with van der Waals surface area (Å²) in [5.41, 5.74) is 5.60. The van der Waals surface area contributed by atoms with Crippen LogP contribution in [0.25, 0.3) is 11.0 Å². The van der Waals surface area contributed by atoms with Crippen molar-refractivity contribution in [1.29, 1.82) is 0 Å². The second-order valence-electron chi connectivity index (χ2n) is 3.43. The van der Waals surface area contributed by atoms with E-state index in [4.69, 9.17) is 5.73 Å². The summed E-state index contributed by atoms with van der Waals surface area (Å²) in [7, 11) is 0. The quantitative estimate of drug-likeness (QED) is 0.823. The van der Waals surface area contributed by atoms with E-state index in [1.165, 1.54) is 6.07 Å². The number of alkyl halides is 3. The van der Waals surface area contributed by atoms with Crippen LogP contribution in [0.15, 0.2) is 16.6 Å². The minimum atomic E-state index is -4.41. The number of nitrogens with zero attached hydrogens (tertiary/aromatic N) is 2. The third-order valence-corrected chi connectivity index (χ3v) is 2.76. The molecule has 2 aromatic rings. The van der Waals surface area contributed by atoms with Crippen LogP contribution >= 0.6 is 15.9 Å². The Balaban J connectivity index is 2.63. The summed E-state index contributed by atoms with van der Waals surface area (Å²) < 4.78 is 51.0. The highest BCUT2D eigenvalue weighted by Crippen LogP contribution is 2.28. The van der Waals surface area contributed by atoms with Crippen LogP contribution in [0.5, 0.6) is 0 Å². The van der Waals surface area contributed by atoms with Crippen LogP contribution in [0.1, 0.15) is 0 Å². The van der Waals surface area contributed by atoms with Gasteiger partial charge in [-0.25, -0.2) is 9.37 Å². The lowest BCUT2D eigenvalue weighted by molar-refractivity contribution is -0.139. The van der Waals surface area contributed by atoms with Crippen LogP contribution in [-0.4, -0.2) is 15.7 Å². The largest absolute Gasteiger partial charge is 0.406 e. The average Bonchev–Trinajstić information content (AvgIpc) is 2.43. The Bertz CT molecular complexity index is 576. The Kier molecular flexibility index (Phi) is 2.76. The van der Waals surface area contributed by atoms with Crippen molar-refractivity contribution in [3.8, 4) is 0 Å². The zero-order valence-corrected chi connectivity index (χ0v) is 9.81. The highest BCUT2D eigenvalue weighted by atomic mass is 79.9. The number of rotatable bonds is 1. The molecule has 0 saturated heterocycles. The number of halogens is 5. The molecule has 0 spiro atoms. The predicted molar refractivity (Wildman–Crippen MR) is 57.9 cm³/mol. The lowest BCUT2D eigenvalue weighted by Crippen LogP contribution is -2.19. The molecule has 0 radical (unpaired) electrons. The van der Waals surface area contributed by atoms with Crippen molar-refractivity contribution in [3.05, 3.63) is 22.4 Å². The molecule has 0 atom stereocenters. The van der Waals surface area contributed by atoms with Crippen molar-refractivity contribution in [3.63, 3.8) is 0 Å². The van der Waals surface area contributed by atoms with Gasteiger partial charge in [0.25, 0.3) is 0 Å². The first-order valence-electron chi connectivity index (χ1n) is 4.45. The van der Waals surface area contributed by atoms with E-state index in [-0.39, 0.29) is 21.5 Å². The maximum atomic E-state index is 13.2. The maximum Gasteiger partial charge on any atom is 0.406 e. The van der Waals surface area contributed by atoms with Crippen molar-refractivity contribution in [2.75, 3.05) is 5.73 Å². The van der Waals surface area contributed by atoms with E-state index in [1.807, 2.05) is 0 Å². The molecule has 0 unspecified atom stereocenters. The van der Waals surface area contributed by atoms with Crippen LogP contribution < -0.4 is 5.73 Å². The number of nitrogen functional groups attached to an aromatic ring is 1. The first-order chi connectivity index (χ1) is 7.78. The minimum absolute atomic E-state index is 0.0633. The van der Waals surface area contributed by atoms with Gasteiger partial charge in [0.15, 0.2) is 0 Å². The van der Waals surface area contributed by atoms with Crippen molar-refractivity contribution in [2.45, 2.75) is 12.7 Å². The first-order valence-corrected chi connectivity index (χ1v) is 5.25. The Morgan fingerprint density at radius 2 is 2.00 bits per heavy atom. The predicted octanol–water partition coefficient (Wildman–Crippen LogP) is 3.08. The van der Waals surface area contributed by atoms with Gasteiger partial charge >= 0.3 is 6.18 Å². The van der Waals surface area contributed by atoms with Gasteiger partial charge in [-0.1, -0.05) is 0 Å². The van der Waals surface area contributed by atoms with E-state index in [0.29, 0.717) is 0 Å². The Hall–Kier alpha value is -1.31. The van der Waals surface area contributed by atoms with Gasteiger partial charge in [0.05, 0.1) is 15.5 Å². The van der Waals surface area contributed by atoms with Gasteiger partial charge in [-0.05, 0) is 22.0 Å². The van der Waals surface area contributed by atoms with Crippen LogP contribution in [0.3, 0.4) is 0 Å². The summed E-state index contributed by atoms with van der Waals surface area (Å²) in [6.45, 7) is -1.26. The third-order valence-electron chi connectivity index (χ3n) is 2.16. The normalized spacial score (nSPS) is 12.3. The molecule has 8 heteroatoms. The smallest absolute Gasteiger partial charge is 0.369 e. The molecule has 0 aliphatic rings. The number of hydrogen-bond acceptors (Lipinski definition) is 2. The lowest BCUT2D eigenvalue weighted by atomic mass is 10.3. The number of nitrogens with two attached hydrogens (primary N) is 1. The van der Waals surface area contributed by atoms with E-state index in [9.17, 15) is 17.6 Å². The molecular weight excluding hydrogens is 306 g/mol. The lowest BCUT2D eigenvalue weighted by Gasteiger charge is -2.09. The molecule has 3 nitrogen and oxygen atoms in total. The number of aromatic nitrogens is 2. The van der Waals surface area contributed by atoms with Gasteiger partial charge in [0.2, 0.25) is 5.95 Å².